The topological polar surface area (TPSA) is 44.2 Å². The van der Waals surface area contributed by atoms with Crippen molar-refractivity contribution in [3.05, 3.63) is 130 Å². The van der Waals surface area contributed by atoms with Gasteiger partial charge >= 0.3 is 0 Å². The highest BCUT2D eigenvalue weighted by Crippen LogP contribution is 2.48. The molecule has 0 bridgehead atoms. The molecule has 0 saturated heterocycles. The Morgan fingerprint density at radius 2 is 0.932 bits per heavy atom. The molecule has 214 valence electrons. The monoisotopic (exact) mass is 612 g/mol. The quantitative estimate of drug-likeness (QED) is 0.182. The SMILES string of the molecule is CCOc1cc(C#Cc2ccncc2)c2cc(Cl)ccc2c1-c1c(OCC)cc(C#Cc2ccncc2)c2cc(Cl)ccc12. The average molecular weight is 614 g/mol. The Labute approximate surface area is 266 Å². The molecule has 0 fully saturated rings. The molecule has 4 aromatic carbocycles. The number of pyridine rings is 2. The van der Waals surface area contributed by atoms with Crippen LogP contribution in [0.25, 0.3) is 32.7 Å². The number of hydrogen-bond acceptors (Lipinski definition) is 4. The molecule has 6 heteroatoms. The van der Waals surface area contributed by atoms with Crippen molar-refractivity contribution in [1.29, 1.82) is 0 Å². The highest BCUT2D eigenvalue weighted by Gasteiger charge is 2.22. The number of halogens is 2. The summed E-state index contributed by atoms with van der Waals surface area (Å²) in [6.07, 6.45) is 6.91. The van der Waals surface area contributed by atoms with Gasteiger partial charge in [-0.25, -0.2) is 0 Å². The van der Waals surface area contributed by atoms with Crippen LogP contribution in [0.15, 0.2) is 97.6 Å². The van der Waals surface area contributed by atoms with Crippen LogP contribution in [0.3, 0.4) is 0 Å². The summed E-state index contributed by atoms with van der Waals surface area (Å²) in [5, 5.41) is 4.91. The zero-order valence-electron chi connectivity index (χ0n) is 24.1. The van der Waals surface area contributed by atoms with E-state index in [2.05, 4.69) is 33.6 Å². The van der Waals surface area contributed by atoms with Crippen molar-refractivity contribution < 1.29 is 9.47 Å². The van der Waals surface area contributed by atoms with Crippen LogP contribution in [0.4, 0.5) is 0 Å². The van der Waals surface area contributed by atoms with Gasteiger partial charge in [-0.3, -0.25) is 9.97 Å². The molecule has 0 atom stereocenters. The molecule has 2 aromatic heterocycles. The summed E-state index contributed by atoms with van der Waals surface area (Å²) in [6.45, 7) is 4.87. The lowest BCUT2D eigenvalue weighted by Gasteiger charge is -2.21. The standard InChI is InChI=1S/C38H26Cl2N2O2/c1-3-43-35-21-27(7-5-25-13-17-41-18-14-25)33-23-29(39)9-11-31(33)37(35)38-32-12-10-30(40)24-34(32)28(22-36(38)44-4-2)8-6-26-15-19-42-20-16-26/h9-24H,3-4H2,1-2H3. The molecule has 0 amide bonds. The Bertz CT molecular complexity index is 1970. The number of fused-ring (bicyclic) bond motifs is 2. The number of aromatic nitrogens is 2. The molecule has 0 aliphatic rings. The third-order valence-electron chi connectivity index (χ3n) is 7.02. The molecule has 0 N–H and O–H groups in total. The van der Waals surface area contributed by atoms with Crippen LogP contribution in [0, 0.1) is 23.7 Å². The van der Waals surface area contributed by atoms with E-state index in [4.69, 9.17) is 32.7 Å². The van der Waals surface area contributed by atoms with Gasteiger partial charge in [0.2, 0.25) is 0 Å². The molecular formula is C38H26Cl2N2O2. The van der Waals surface area contributed by atoms with E-state index in [1.807, 2.05) is 86.6 Å². The molecule has 6 aromatic rings. The number of rotatable bonds is 5. The first kappa shape index (κ1) is 29.1. The van der Waals surface area contributed by atoms with Gasteiger partial charge in [0, 0.05) is 68.2 Å². The lowest BCUT2D eigenvalue weighted by atomic mass is 9.88. The Morgan fingerprint density at radius 3 is 1.32 bits per heavy atom. The number of ether oxygens (including phenoxy) is 2. The predicted octanol–water partition coefficient (Wildman–Crippen LogP) is 9.35. The van der Waals surface area contributed by atoms with Crippen LogP contribution >= 0.6 is 23.2 Å². The Hall–Kier alpha value is -5.00. The van der Waals surface area contributed by atoms with Gasteiger partial charge in [0.25, 0.3) is 0 Å². The van der Waals surface area contributed by atoms with Gasteiger partial charge in [-0.05, 0) is 96.1 Å². The number of nitrogens with zero attached hydrogens (tertiary/aromatic N) is 2. The summed E-state index contributed by atoms with van der Waals surface area (Å²) in [5.74, 6) is 14.6. The molecule has 2 heterocycles. The fourth-order valence-electron chi connectivity index (χ4n) is 5.15. The third kappa shape index (κ3) is 6.05. The maximum absolute atomic E-state index is 6.56. The fourth-order valence-corrected chi connectivity index (χ4v) is 5.50. The van der Waals surface area contributed by atoms with Crippen LogP contribution in [0.2, 0.25) is 10.0 Å². The molecule has 4 nitrogen and oxygen atoms in total. The zero-order valence-corrected chi connectivity index (χ0v) is 25.6. The minimum atomic E-state index is 0.465. The first-order chi connectivity index (χ1) is 21.6. The molecule has 0 unspecified atom stereocenters. The maximum Gasteiger partial charge on any atom is 0.129 e. The van der Waals surface area contributed by atoms with Crippen molar-refractivity contribution in [2.75, 3.05) is 13.2 Å². The lowest BCUT2D eigenvalue weighted by Crippen LogP contribution is -2.01. The second-order valence-electron chi connectivity index (χ2n) is 9.81. The number of benzene rings is 4. The van der Waals surface area contributed by atoms with Gasteiger partial charge in [-0.2, -0.15) is 0 Å². The molecule has 0 saturated carbocycles. The van der Waals surface area contributed by atoms with E-state index in [-0.39, 0.29) is 0 Å². The summed E-state index contributed by atoms with van der Waals surface area (Å²) in [6, 6.07) is 23.2. The number of hydrogen-bond donors (Lipinski definition) is 0. The largest absolute Gasteiger partial charge is 0.493 e. The summed E-state index contributed by atoms with van der Waals surface area (Å²) in [4.78, 5) is 8.19. The maximum atomic E-state index is 6.56. The summed E-state index contributed by atoms with van der Waals surface area (Å²) < 4.78 is 12.7. The Morgan fingerprint density at radius 1 is 0.523 bits per heavy atom. The van der Waals surface area contributed by atoms with Crippen molar-refractivity contribution in [2.45, 2.75) is 13.8 Å². The van der Waals surface area contributed by atoms with Crippen LogP contribution in [0.1, 0.15) is 36.1 Å². The first-order valence-electron chi connectivity index (χ1n) is 14.2. The van der Waals surface area contributed by atoms with Crippen LogP contribution in [-0.4, -0.2) is 23.2 Å². The normalized spacial score (nSPS) is 10.5. The van der Waals surface area contributed by atoms with Gasteiger partial charge in [0.05, 0.1) is 13.2 Å². The second-order valence-corrected chi connectivity index (χ2v) is 10.7. The smallest absolute Gasteiger partial charge is 0.129 e. The van der Waals surface area contributed by atoms with E-state index in [0.29, 0.717) is 34.8 Å². The highest BCUT2D eigenvalue weighted by molar-refractivity contribution is 6.32. The average Bonchev–Trinajstić information content (AvgIpc) is 3.04. The van der Waals surface area contributed by atoms with E-state index >= 15 is 0 Å². The minimum Gasteiger partial charge on any atom is -0.493 e. The second kappa shape index (κ2) is 13.1. The van der Waals surface area contributed by atoms with E-state index in [9.17, 15) is 0 Å². The van der Waals surface area contributed by atoms with Crippen LogP contribution < -0.4 is 9.47 Å². The summed E-state index contributed by atoms with van der Waals surface area (Å²) >= 11 is 13.1. The van der Waals surface area contributed by atoms with Crippen LogP contribution in [0.5, 0.6) is 11.5 Å². The van der Waals surface area contributed by atoms with Crippen molar-refractivity contribution in [3.8, 4) is 46.3 Å². The fraction of sp³-hybridized carbons (Fsp3) is 0.105. The van der Waals surface area contributed by atoms with Gasteiger partial charge < -0.3 is 9.47 Å². The molecule has 0 aliphatic carbocycles. The van der Waals surface area contributed by atoms with E-state index in [1.54, 1.807) is 24.8 Å². The van der Waals surface area contributed by atoms with E-state index in [1.165, 1.54) is 0 Å². The van der Waals surface area contributed by atoms with Gasteiger partial charge in [0.15, 0.2) is 0 Å². The van der Waals surface area contributed by atoms with Gasteiger partial charge in [-0.15, -0.1) is 0 Å². The van der Waals surface area contributed by atoms with Gasteiger partial charge in [0.1, 0.15) is 11.5 Å². The van der Waals surface area contributed by atoms with Crippen LogP contribution in [-0.2, 0) is 0 Å². The van der Waals surface area contributed by atoms with Gasteiger partial charge in [-0.1, -0.05) is 59.0 Å². The molecule has 44 heavy (non-hydrogen) atoms. The lowest BCUT2D eigenvalue weighted by molar-refractivity contribution is 0.337. The molecule has 0 radical (unpaired) electrons. The zero-order chi connectivity index (χ0) is 30.5. The first-order valence-corrected chi connectivity index (χ1v) is 14.9. The van der Waals surface area contributed by atoms with Crippen molar-refractivity contribution in [3.63, 3.8) is 0 Å². The summed E-state index contributed by atoms with van der Waals surface area (Å²) in [5.41, 5.74) is 5.10. The predicted molar refractivity (Wildman–Crippen MR) is 180 cm³/mol. The van der Waals surface area contributed by atoms with E-state index in [0.717, 1.165) is 54.9 Å². The molecular weight excluding hydrogens is 587 g/mol. The minimum absolute atomic E-state index is 0.465. The third-order valence-corrected chi connectivity index (χ3v) is 7.49. The molecule has 0 spiro atoms. The highest BCUT2D eigenvalue weighted by atomic mass is 35.5. The van der Waals surface area contributed by atoms with E-state index < -0.39 is 0 Å². The van der Waals surface area contributed by atoms with Crippen molar-refractivity contribution in [2.24, 2.45) is 0 Å². The van der Waals surface area contributed by atoms with Crippen molar-refractivity contribution in [1.82, 2.24) is 9.97 Å². The summed E-state index contributed by atoms with van der Waals surface area (Å²) in [7, 11) is 0. The Kier molecular flexibility index (Phi) is 8.67. The molecule has 0 aliphatic heterocycles. The Balaban J connectivity index is 1.67. The molecule has 6 rings (SSSR count). The van der Waals surface area contributed by atoms with Crippen molar-refractivity contribution >= 4 is 44.7 Å².